The first-order valence-corrected chi connectivity index (χ1v) is 13.2. The number of rotatable bonds is 9. The molecule has 0 fully saturated rings. The van der Waals surface area contributed by atoms with Crippen molar-refractivity contribution in [3.63, 3.8) is 0 Å². The highest BCUT2D eigenvalue weighted by Crippen LogP contribution is 2.30. The van der Waals surface area contributed by atoms with E-state index in [1.165, 1.54) is 40.9 Å². The number of nitrogens with zero attached hydrogens (tertiary/aromatic N) is 4. The monoisotopic (exact) mass is 541 g/mol. The van der Waals surface area contributed by atoms with E-state index >= 15 is 0 Å². The number of aromatic nitrogens is 2. The maximum absolute atomic E-state index is 12.7. The lowest BCUT2D eigenvalue weighted by molar-refractivity contribution is -0.384. The van der Waals surface area contributed by atoms with Crippen molar-refractivity contribution in [2.45, 2.75) is 11.3 Å². The summed E-state index contributed by atoms with van der Waals surface area (Å²) in [5, 5.41) is 33.7. The van der Waals surface area contributed by atoms with Crippen molar-refractivity contribution in [3.8, 4) is 21.7 Å². The van der Waals surface area contributed by atoms with Gasteiger partial charge in [0.05, 0.1) is 15.9 Å². The van der Waals surface area contributed by atoms with E-state index in [1.807, 2.05) is 23.6 Å². The van der Waals surface area contributed by atoms with E-state index in [2.05, 4.69) is 15.5 Å². The Morgan fingerprint density at radius 1 is 1.17 bits per heavy atom. The van der Waals surface area contributed by atoms with E-state index in [0.717, 1.165) is 29.1 Å². The molecule has 0 spiro atoms. The summed E-state index contributed by atoms with van der Waals surface area (Å²) in [6.45, 7) is 0. The molecule has 0 aliphatic heterocycles. The second-order valence-electron chi connectivity index (χ2n) is 7.20. The van der Waals surface area contributed by atoms with Crippen LogP contribution in [0.2, 0.25) is 0 Å². The van der Waals surface area contributed by atoms with E-state index in [1.54, 1.807) is 6.07 Å². The summed E-state index contributed by atoms with van der Waals surface area (Å²) in [4.78, 5) is 23.4. The Balaban J connectivity index is 1.43. The first kappa shape index (κ1) is 24.9. The van der Waals surface area contributed by atoms with Crippen molar-refractivity contribution in [2.75, 3.05) is 5.32 Å². The number of carbonyl (C=O) groups is 1. The lowest BCUT2D eigenvalue weighted by atomic mass is 10.00. The number of nitro benzene ring substituents is 1. The number of amides is 1. The van der Waals surface area contributed by atoms with Crippen LogP contribution in [0.1, 0.15) is 5.56 Å². The van der Waals surface area contributed by atoms with Crippen LogP contribution in [-0.2, 0) is 21.3 Å². The molecule has 4 aromatic rings. The molecule has 0 bridgehead atoms. The summed E-state index contributed by atoms with van der Waals surface area (Å²) in [7, 11) is -4.26. The predicted molar refractivity (Wildman–Crippen MR) is 132 cm³/mol. The zero-order chi connectivity index (χ0) is 25.7. The number of anilines is 1. The molecule has 0 saturated heterocycles. The third-order valence-electron chi connectivity index (χ3n) is 4.74. The number of carbonyl (C=O) groups excluding carboxylic acids is 1. The first-order chi connectivity index (χ1) is 17.2. The van der Waals surface area contributed by atoms with Crippen LogP contribution in [0.15, 0.2) is 70.9 Å². The van der Waals surface area contributed by atoms with Gasteiger partial charge in [0.2, 0.25) is 11.0 Å². The van der Waals surface area contributed by atoms with Crippen LogP contribution in [0, 0.1) is 27.4 Å². The van der Waals surface area contributed by atoms with Crippen LogP contribution in [0.3, 0.4) is 0 Å². The van der Waals surface area contributed by atoms with E-state index in [0.29, 0.717) is 10.6 Å². The van der Waals surface area contributed by atoms with Crippen molar-refractivity contribution in [1.29, 1.82) is 5.26 Å². The van der Waals surface area contributed by atoms with Crippen molar-refractivity contribution < 1.29 is 22.3 Å². The highest BCUT2D eigenvalue weighted by atomic mass is 32.2. The summed E-state index contributed by atoms with van der Waals surface area (Å²) in [6, 6.07) is 15.9. The fourth-order valence-corrected chi connectivity index (χ4v) is 5.49. The molecule has 14 heteroatoms. The smallest absolute Gasteiger partial charge is 0.339 e. The van der Waals surface area contributed by atoms with Gasteiger partial charge >= 0.3 is 10.1 Å². The molecule has 0 aliphatic carbocycles. The Bertz CT molecular complexity index is 1540. The molecule has 0 radical (unpaired) electrons. The van der Waals surface area contributed by atoms with Crippen molar-refractivity contribution in [1.82, 2.24) is 10.2 Å². The molecule has 1 atom stereocenters. The zero-order valence-corrected chi connectivity index (χ0v) is 20.5. The van der Waals surface area contributed by atoms with Crippen molar-refractivity contribution >= 4 is 49.5 Å². The standard InChI is InChI=1S/C22H15N5O6S3/c23-13-15(20(28)24-22-26-25-21(35-22)19-5-2-10-34-19)11-14-3-1-4-17(12-14)33-36(31,32)18-8-6-16(7-9-18)27(29)30/h1-10,12,15H,11H2,(H,24,26,28). The molecule has 1 N–H and O–H groups in total. The number of hydrogen-bond donors (Lipinski definition) is 1. The molecule has 4 rings (SSSR count). The number of nitriles is 1. The van der Waals surface area contributed by atoms with E-state index in [-0.39, 0.29) is 27.9 Å². The maximum atomic E-state index is 12.7. The Morgan fingerprint density at radius 2 is 1.94 bits per heavy atom. The van der Waals surface area contributed by atoms with Gasteiger partial charge in [-0.25, -0.2) is 0 Å². The first-order valence-electron chi connectivity index (χ1n) is 10.1. The van der Waals surface area contributed by atoms with Gasteiger partial charge in [0.25, 0.3) is 5.69 Å². The lowest BCUT2D eigenvalue weighted by Crippen LogP contribution is -2.23. The minimum absolute atomic E-state index is 0.00625. The normalized spacial score (nSPS) is 11.9. The fourth-order valence-electron chi connectivity index (χ4n) is 3.03. The molecule has 36 heavy (non-hydrogen) atoms. The van der Waals surface area contributed by atoms with Crippen molar-refractivity contribution in [3.05, 3.63) is 81.7 Å². The fraction of sp³-hybridized carbons (Fsp3) is 0.0909. The van der Waals surface area contributed by atoms with Crippen molar-refractivity contribution in [2.24, 2.45) is 5.92 Å². The second-order valence-corrected chi connectivity index (χ2v) is 10.7. The molecule has 1 unspecified atom stereocenters. The van der Waals surface area contributed by atoms with Gasteiger partial charge in [-0.2, -0.15) is 13.7 Å². The average molecular weight is 542 g/mol. The Hall–Kier alpha value is -4.19. The van der Waals surface area contributed by atoms with Crippen LogP contribution < -0.4 is 9.50 Å². The molecular weight excluding hydrogens is 526 g/mol. The minimum atomic E-state index is -4.26. The summed E-state index contributed by atoms with van der Waals surface area (Å²) in [5.41, 5.74) is 0.234. The molecule has 182 valence electrons. The number of nitrogens with one attached hydrogen (secondary N) is 1. The molecule has 11 nitrogen and oxygen atoms in total. The molecule has 2 heterocycles. The molecule has 1 amide bonds. The third kappa shape index (κ3) is 5.89. The summed E-state index contributed by atoms with van der Waals surface area (Å²) >= 11 is 2.67. The van der Waals surface area contributed by atoms with Crippen LogP contribution in [0.5, 0.6) is 5.75 Å². The Morgan fingerprint density at radius 3 is 2.61 bits per heavy atom. The van der Waals surface area contributed by atoms with Crippen LogP contribution in [0.4, 0.5) is 10.8 Å². The number of non-ortho nitro benzene ring substituents is 1. The summed E-state index contributed by atoms with van der Waals surface area (Å²) in [6.07, 6.45) is -0.00625. The molecule has 0 aliphatic rings. The maximum Gasteiger partial charge on any atom is 0.339 e. The third-order valence-corrected chi connectivity index (χ3v) is 7.88. The lowest BCUT2D eigenvalue weighted by Gasteiger charge is -2.11. The van der Waals surface area contributed by atoms with Gasteiger partial charge in [-0.05, 0) is 47.7 Å². The SMILES string of the molecule is N#CC(Cc1cccc(OS(=O)(=O)c2ccc([N+](=O)[O-])cc2)c1)C(=O)Nc1nnc(-c2cccs2)s1. The average Bonchev–Trinajstić information content (AvgIpc) is 3.55. The largest absolute Gasteiger partial charge is 0.379 e. The Labute approximate surface area is 212 Å². The van der Waals surface area contributed by atoms with Gasteiger partial charge in [0, 0.05) is 12.1 Å². The molecule has 2 aromatic carbocycles. The van der Waals surface area contributed by atoms with Gasteiger partial charge < -0.3 is 4.18 Å². The number of hydrogen-bond acceptors (Lipinski definition) is 11. The van der Waals surface area contributed by atoms with E-state index < -0.39 is 26.9 Å². The second kappa shape index (κ2) is 10.6. The molecular formula is C22H15N5O6S3. The number of thiophene rings is 1. The van der Waals surface area contributed by atoms with Crippen LogP contribution in [0.25, 0.3) is 9.88 Å². The van der Waals surface area contributed by atoms with Crippen LogP contribution >= 0.6 is 22.7 Å². The predicted octanol–water partition coefficient (Wildman–Crippen LogP) is 4.26. The quantitative estimate of drug-likeness (QED) is 0.185. The van der Waals surface area contributed by atoms with Gasteiger partial charge in [0.1, 0.15) is 16.6 Å². The topological polar surface area (TPSA) is 165 Å². The number of nitro groups is 1. The summed E-state index contributed by atoms with van der Waals surface area (Å²) < 4.78 is 30.2. The molecule has 2 aromatic heterocycles. The summed E-state index contributed by atoms with van der Waals surface area (Å²) in [5.74, 6) is -1.69. The Kier molecular flexibility index (Phi) is 7.34. The zero-order valence-electron chi connectivity index (χ0n) is 18.1. The highest BCUT2D eigenvalue weighted by molar-refractivity contribution is 7.87. The molecule has 0 saturated carbocycles. The van der Waals surface area contributed by atoms with Gasteiger partial charge in [-0.1, -0.05) is 29.5 Å². The number of benzene rings is 2. The minimum Gasteiger partial charge on any atom is -0.379 e. The van der Waals surface area contributed by atoms with Gasteiger partial charge in [-0.15, -0.1) is 21.5 Å². The highest BCUT2D eigenvalue weighted by Gasteiger charge is 2.22. The van der Waals surface area contributed by atoms with Crippen LogP contribution in [-0.4, -0.2) is 29.4 Å². The van der Waals surface area contributed by atoms with E-state index in [9.17, 15) is 28.6 Å². The van der Waals surface area contributed by atoms with E-state index in [4.69, 9.17) is 4.18 Å². The van der Waals surface area contributed by atoms with Gasteiger partial charge in [0.15, 0.2) is 5.01 Å². The van der Waals surface area contributed by atoms with Gasteiger partial charge in [-0.3, -0.25) is 20.2 Å².